The van der Waals surface area contributed by atoms with E-state index in [9.17, 15) is 4.79 Å². The molecule has 0 heterocycles. The highest BCUT2D eigenvalue weighted by atomic mass is 16.5. The second-order valence-electron chi connectivity index (χ2n) is 6.33. The average Bonchev–Trinajstić information content (AvgIpc) is 2.49. The van der Waals surface area contributed by atoms with Gasteiger partial charge in [-0.1, -0.05) is 43.7 Å². The largest absolute Gasteiger partial charge is 0.484 e. The monoisotopic (exact) mass is 311 g/mol. The lowest BCUT2D eigenvalue weighted by Crippen LogP contribution is -2.21. The van der Waals surface area contributed by atoms with Gasteiger partial charge in [-0.25, -0.2) is 0 Å². The van der Waals surface area contributed by atoms with Crippen LogP contribution in [0, 0.1) is 20.8 Å². The number of hydrogen-bond donors (Lipinski definition) is 1. The smallest absolute Gasteiger partial charge is 0.262 e. The van der Waals surface area contributed by atoms with E-state index >= 15 is 0 Å². The lowest BCUT2D eigenvalue weighted by atomic mass is 10.0. The van der Waals surface area contributed by atoms with Crippen molar-refractivity contribution in [3.8, 4) is 5.75 Å². The fourth-order valence-electron chi connectivity index (χ4n) is 2.65. The number of amides is 1. The number of hydrogen-bond acceptors (Lipinski definition) is 2. The Hall–Kier alpha value is -2.29. The molecule has 122 valence electrons. The van der Waals surface area contributed by atoms with Gasteiger partial charge in [-0.3, -0.25) is 4.79 Å². The van der Waals surface area contributed by atoms with Gasteiger partial charge < -0.3 is 10.1 Å². The molecule has 3 heteroatoms. The lowest BCUT2D eigenvalue weighted by Gasteiger charge is -2.13. The number of carbonyl (C=O) groups excluding carboxylic acids is 1. The van der Waals surface area contributed by atoms with Crippen LogP contribution in [0.3, 0.4) is 0 Å². The number of aryl methyl sites for hydroxylation is 3. The molecule has 0 aliphatic rings. The zero-order valence-corrected chi connectivity index (χ0v) is 14.6. The fourth-order valence-corrected chi connectivity index (χ4v) is 2.65. The Labute approximate surface area is 138 Å². The van der Waals surface area contributed by atoms with Crippen molar-refractivity contribution in [1.82, 2.24) is 0 Å². The van der Waals surface area contributed by atoms with E-state index in [0.29, 0.717) is 11.7 Å². The third kappa shape index (κ3) is 4.59. The standard InChI is InChI=1S/C20H25NO2/c1-13(2)17-6-8-18(9-7-17)23-12-19(22)21-20-15(4)10-14(3)11-16(20)5/h6-11,13H,12H2,1-5H3,(H,21,22). The second-order valence-corrected chi connectivity index (χ2v) is 6.33. The molecular formula is C20H25NO2. The quantitative estimate of drug-likeness (QED) is 0.865. The number of nitrogens with one attached hydrogen (secondary N) is 1. The van der Waals surface area contributed by atoms with Crippen molar-refractivity contribution >= 4 is 11.6 Å². The molecule has 2 aromatic rings. The number of benzene rings is 2. The first-order valence-electron chi connectivity index (χ1n) is 7.97. The Kier molecular flexibility index (Phi) is 5.43. The molecule has 2 aromatic carbocycles. The third-order valence-electron chi connectivity index (χ3n) is 3.86. The molecule has 3 nitrogen and oxygen atoms in total. The highest BCUT2D eigenvalue weighted by molar-refractivity contribution is 5.93. The van der Waals surface area contributed by atoms with Crippen molar-refractivity contribution < 1.29 is 9.53 Å². The van der Waals surface area contributed by atoms with Gasteiger partial charge in [-0.05, 0) is 55.5 Å². The predicted octanol–water partition coefficient (Wildman–Crippen LogP) is 4.75. The summed E-state index contributed by atoms with van der Waals surface area (Å²) in [6.07, 6.45) is 0. The Bertz CT molecular complexity index is 664. The minimum Gasteiger partial charge on any atom is -0.484 e. The molecule has 1 N–H and O–H groups in total. The Morgan fingerprint density at radius 3 is 2.13 bits per heavy atom. The van der Waals surface area contributed by atoms with Gasteiger partial charge in [-0.15, -0.1) is 0 Å². The van der Waals surface area contributed by atoms with E-state index in [4.69, 9.17) is 4.74 Å². The normalized spacial score (nSPS) is 10.7. The van der Waals surface area contributed by atoms with E-state index in [0.717, 1.165) is 16.8 Å². The molecule has 0 fully saturated rings. The van der Waals surface area contributed by atoms with Crippen molar-refractivity contribution in [3.05, 3.63) is 58.7 Å². The zero-order chi connectivity index (χ0) is 17.0. The summed E-state index contributed by atoms with van der Waals surface area (Å²) < 4.78 is 5.57. The molecular weight excluding hydrogens is 286 g/mol. The zero-order valence-electron chi connectivity index (χ0n) is 14.6. The molecule has 0 radical (unpaired) electrons. The summed E-state index contributed by atoms with van der Waals surface area (Å²) in [6, 6.07) is 12.0. The van der Waals surface area contributed by atoms with Crippen LogP contribution in [0.15, 0.2) is 36.4 Å². The van der Waals surface area contributed by atoms with Crippen molar-refractivity contribution in [2.45, 2.75) is 40.5 Å². The van der Waals surface area contributed by atoms with Crippen LogP contribution in [0.2, 0.25) is 0 Å². The molecule has 0 aliphatic heterocycles. The van der Waals surface area contributed by atoms with Crippen LogP contribution in [0.25, 0.3) is 0 Å². The first-order chi connectivity index (χ1) is 10.9. The topological polar surface area (TPSA) is 38.3 Å². The van der Waals surface area contributed by atoms with E-state index in [1.807, 2.05) is 38.1 Å². The summed E-state index contributed by atoms with van der Waals surface area (Å²) >= 11 is 0. The minimum atomic E-state index is -0.145. The van der Waals surface area contributed by atoms with Gasteiger partial charge in [0.05, 0.1) is 0 Å². The minimum absolute atomic E-state index is 0.00772. The Morgan fingerprint density at radius 1 is 1.04 bits per heavy atom. The van der Waals surface area contributed by atoms with E-state index < -0.39 is 0 Å². The van der Waals surface area contributed by atoms with E-state index in [1.165, 1.54) is 11.1 Å². The number of carbonyl (C=O) groups is 1. The molecule has 0 aliphatic carbocycles. The van der Waals surface area contributed by atoms with Crippen LogP contribution in [0.5, 0.6) is 5.75 Å². The average molecular weight is 311 g/mol. The molecule has 0 saturated carbocycles. The van der Waals surface area contributed by atoms with Crippen molar-refractivity contribution in [3.63, 3.8) is 0 Å². The van der Waals surface area contributed by atoms with Crippen LogP contribution in [0.4, 0.5) is 5.69 Å². The molecule has 2 rings (SSSR count). The molecule has 0 atom stereocenters. The lowest BCUT2D eigenvalue weighted by molar-refractivity contribution is -0.118. The third-order valence-corrected chi connectivity index (χ3v) is 3.86. The van der Waals surface area contributed by atoms with E-state index in [-0.39, 0.29) is 12.5 Å². The van der Waals surface area contributed by atoms with Gasteiger partial charge in [0.15, 0.2) is 6.61 Å². The number of ether oxygens (including phenoxy) is 1. The summed E-state index contributed by atoms with van der Waals surface area (Å²) in [5.74, 6) is 1.05. The van der Waals surface area contributed by atoms with Gasteiger partial charge in [0, 0.05) is 5.69 Å². The van der Waals surface area contributed by atoms with Gasteiger partial charge in [0.25, 0.3) is 5.91 Å². The fraction of sp³-hybridized carbons (Fsp3) is 0.350. The first kappa shape index (κ1) is 17.1. The van der Waals surface area contributed by atoms with Crippen LogP contribution in [0.1, 0.15) is 42.0 Å². The van der Waals surface area contributed by atoms with Crippen molar-refractivity contribution in [2.75, 3.05) is 11.9 Å². The Balaban J connectivity index is 1.95. The highest BCUT2D eigenvalue weighted by Crippen LogP contribution is 2.22. The molecule has 23 heavy (non-hydrogen) atoms. The van der Waals surface area contributed by atoms with Gasteiger partial charge in [0.2, 0.25) is 0 Å². The molecule has 0 bridgehead atoms. The molecule has 0 saturated heterocycles. The van der Waals surface area contributed by atoms with E-state index in [2.05, 4.69) is 38.2 Å². The van der Waals surface area contributed by atoms with Gasteiger partial charge in [-0.2, -0.15) is 0 Å². The maximum atomic E-state index is 12.1. The summed E-state index contributed by atoms with van der Waals surface area (Å²) in [4.78, 5) is 12.1. The van der Waals surface area contributed by atoms with Crippen LogP contribution in [-0.2, 0) is 4.79 Å². The van der Waals surface area contributed by atoms with Gasteiger partial charge in [0.1, 0.15) is 5.75 Å². The van der Waals surface area contributed by atoms with Crippen molar-refractivity contribution in [2.24, 2.45) is 0 Å². The number of anilines is 1. The Morgan fingerprint density at radius 2 is 1.61 bits per heavy atom. The SMILES string of the molecule is Cc1cc(C)c(NC(=O)COc2ccc(C(C)C)cc2)c(C)c1. The summed E-state index contributed by atoms with van der Waals surface area (Å²) in [5.41, 5.74) is 5.46. The van der Waals surface area contributed by atoms with Crippen molar-refractivity contribution in [1.29, 1.82) is 0 Å². The molecule has 0 aromatic heterocycles. The summed E-state index contributed by atoms with van der Waals surface area (Å²) in [5, 5.41) is 2.94. The second kappa shape index (κ2) is 7.32. The summed E-state index contributed by atoms with van der Waals surface area (Å²) in [7, 11) is 0. The van der Waals surface area contributed by atoms with Crippen LogP contribution in [-0.4, -0.2) is 12.5 Å². The van der Waals surface area contributed by atoms with E-state index in [1.54, 1.807) is 0 Å². The molecule has 0 unspecified atom stereocenters. The van der Waals surface area contributed by atoms with Crippen LogP contribution >= 0.6 is 0 Å². The number of rotatable bonds is 5. The maximum Gasteiger partial charge on any atom is 0.262 e. The predicted molar refractivity (Wildman–Crippen MR) is 95.3 cm³/mol. The maximum absolute atomic E-state index is 12.1. The molecule has 1 amide bonds. The van der Waals surface area contributed by atoms with Gasteiger partial charge >= 0.3 is 0 Å². The highest BCUT2D eigenvalue weighted by Gasteiger charge is 2.09. The summed E-state index contributed by atoms with van der Waals surface area (Å²) in [6.45, 7) is 10.4. The first-order valence-corrected chi connectivity index (χ1v) is 7.97. The molecule has 0 spiro atoms. The van der Waals surface area contributed by atoms with Crippen LogP contribution < -0.4 is 10.1 Å².